The van der Waals surface area contributed by atoms with Crippen LogP contribution in [0.4, 0.5) is 0 Å². The van der Waals surface area contributed by atoms with Gasteiger partial charge < -0.3 is 9.59 Å². The first-order chi connectivity index (χ1) is 2.00. The molecule has 0 amide bonds. The molecule has 0 N–H and O–H groups in total. The van der Waals surface area contributed by atoms with Crippen molar-refractivity contribution in [1.82, 2.24) is 0 Å². The van der Waals surface area contributed by atoms with Crippen molar-refractivity contribution in [3.8, 4) is 0 Å². The molecule has 0 rings (SSSR count). The number of hydrogen-bond acceptors (Lipinski definition) is 2. The molecule has 0 aromatic rings. The first-order valence-corrected chi connectivity index (χ1v) is 2.45. The Balaban J connectivity index is -0.0000000133. The van der Waals surface area contributed by atoms with E-state index in [0.29, 0.717) is 0 Å². The van der Waals surface area contributed by atoms with Gasteiger partial charge in [-0.05, 0) is 0 Å². The summed E-state index contributed by atoms with van der Waals surface area (Å²) in [5, 5.41) is 0. The summed E-state index contributed by atoms with van der Waals surface area (Å²) in [5.74, 6) is 0. The van der Waals surface area contributed by atoms with Crippen molar-refractivity contribution in [3.63, 3.8) is 0 Å². The van der Waals surface area contributed by atoms with Crippen LogP contribution < -0.4 is 9.59 Å². The maximum Gasteiger partial charge on any atom is 2.00 e. The third-order valence-corrected chi connectivity index (χ3v) is 0. The van der Waals surface area contributed by atoms with E-state index in [1.54, 1.807) is 0 Å². The van der Waals surface area contributed by atoms with Crippen LogP contribution in [-0.4, -0.2) is 21.0 Å². The molecule has 5 heteroatoms. The molecule has 0 fully saturated rings. The van der Waals surface area contributed by atoms with Gasteiger partial charge in [-0.1, -0.05) is 21.0 Å². The van der Waals surface area contributed by atoms with E-state index in [2.05, 4.69) is 0 Å². The van der Waals surface area contributed by atoms with E-state index >= 15 is 0 Å². The summed E-state index contributed by atoms with van der Waals surface area (Å²) < 4.78 is 0. The quantitative estimate of drug-likeness (QED) is 0.325. The van der Waals surface area contributed by atoms with Crippen molar-refractivity contribution in [3.05, 3.63) is 0 Å². The summed E-state index contributed by atoms with van der Waals surface area (Å²) in [4.78, 5) is 16.8. The molecule has 0 aliphatic heterocycles. The Hall–Kier alpha value is 0.873. The minimum Gasteiger partial charge on any atom is -0.865 e. The van der Waals surface area contributed by atoms with E-state index in [1.807, 2.05) is 0 Å². The average molecular weight is 149 g/mol. The molecule has 0 saturated carbocycles. The molecule has 33 valence electrons. The summed E-state index contributed by atoms with van der Waals surface area (Å²) in [5.41, 5.74) is 0. The SMILES string of the molecule is [Mn+2].[O-][SiH3].[O-][SiH3]. The molecule has 0 aromatic carbocycles. The monoisotopic (exact) mass is 149 g/mol. The third kappa shape index (κ3) is 52.8. The van der Waals surface area contributed by atoms with Gasteiger partial charge in [0.1, 0.15) is 0 Å². The van der Waals surface area contributed by atoms with Crippen LogP contribution in [-0.2, 0) is 17.1 Å². The zero-order chi connectivity index (χ0) is 4.00. The van der Waals surface area contributed by atoms with E-state index in [1.165, 1.54) is 0 Å². The van der Waals surface area contributed by atoms with Crippen LogP contribution in [0, 0.1) is 0 Å². The first kappa shape index (κ1) is 16.9. The van der Waals surface area contributed by atoms with Crippen molar-refractivity contribution in [2.24, 2.45) is 0 Å². The molecule has 0 bridgehead atoms. The fraction of sp³-hybridized carbons (Fsp3) is 0. The number of hydrogen-bond donors (Lipinski definition) is 0. The van der Waals surface area contributed by atoms with Crippen molar-refractivity contribution in [2.75, 3.05) is 0 Å². The zero-order valence-corrected chi connectivity index (χ0v) is 8.37. The van der Waals surface area contributed by atoms with E-state index in [4.69, 9.17) is 9.59 Å². The Bertz CT molecular complexity index is 7.61. The smallest absolute Gasteiger partial charge is 0.865 e. The van der Waals surface area contributed by atoms with Crippen LogP contribution in [0.15, 0.2) is 0 Å². The van der Waals surface area contributed by atoms with Crippen molar-refractivity contribution < 1.29 is 26.7 Å². The van der Waals surface area contributed by atoms with Gasteiger partial charge in [0.25, 0.3) is 0 Å². The van der Waals surface area contributed by atoms with Gasteiger partial charge in [0, 0.05) is 0 Å². The second-order valence-electron chi connectivity index (χ2n) is 0. The summed E-state index contributed by atoms with van der Waals surface area (Å²) in [7, 11) is 0.111. The Labute approximate surface area is 48.2 Å². The molecule has 0 heterocycles. The Morgan fingerprint density at radius 2 is 0.800 bits per heavy atom. The van der Waals surface area contributed by atoms with E-state index in [0.717, 1.165) is 0 Å². The van der Waals surface area contributed by atoms with Gasteiger partial charge in [0.2, 0.25) is 0 Å². The van der Waals surface area contributed by atoms with Crippen LogP contribution >= 0.6 is 0 Å². The molecular weight excluding hydrogens is 143 g/mol. The van der Waals surface area contributed by atoms with Crippen LogP contribution in [0.1, 0.15) is 0 Å². The van der Waals surface area contributed by atoms with Gasteiger partial charge in [-0.25, -0.2) is 0 Å². The second-order valence-corrected chi connectivity index (χ2v) is 0. The minimum atomic E-state index is 0. The number of rotatable bonds is 0. The molecule has 0 atom stereocenters. The Morgan fingerprint density at radius 3 is 0.800 bits per heavy atom. The molecule has 0 unspecified atom stereocenters. The molecule has 0 saturated heterocycles. The average Bonchev–Trinajstić information content (AvgIpc) is 1.50. The fourth-order valence-corrected chi connectivity index (χ4v) is 0. The van der Waals surface area contributed by atoms with Gasteiger partial charge in [0.05, 0.1) is 0 Å². The largest absolute Gasteiger partial charge is 2.00 e. The fourth-order valence-electron chi connectivity index (χ4n) is 0. The van der Waals surface area contributed by atoms with Gasteiger partial charge in [-0.15, -0.1) is 0 Å². The van der Waals surface area contributed by atoms with Crippen LogP contribution in [0.3, 0.4) is 0 Å². The Morgan fingerprint density at radius 1 is 0.800 bits per heavy atom. The molecular formula is H6MnO2Si2. The van der Waals surface area contributed by atoms with Gasteiger partial charge in [-0.3, -0.25) is 0 Å². The molecule has 5 heavy (non-hydrogen) atoms. The topological polar surface area (TPSA) is 46.1 Å². The summed E-state index contributed by atoms with van der Waals surface area (Å²) in [6.45, 7) is 0. The molecule has 2 nitrogen and oxygen atoms in total. The molecule has 0 aliphatic rings. The molecule has 0 spiro atoms. The maximum absolute atomic E-state index is 8.39. The van der Waals surface area contributed by atoms with Crippen molar-refractivity contribution in [1.29, 1.82) is 0 Å². The standard InChI is InChI=1S/Mn.2H3OSi/c;2*1-2/h;2*2H3/q+2;2*-1. The minimum absolute atomic E-state index is 0. The van der Waals surface area contributed by atoms with Gasteiger partial charge in [0.15, 0.2) is 0 Å². The first-order valence-electron chi connectivity index (χ1n) is 0.816. The summed E-state index contributed by atoms with van der Waals surface area (Å²) in [6.07, 6.45) is 0. The summed E-state index contributed by atoms with van der Waals surface area (Å²) >= 11 is 0. The third-order valence-electron chi connectivity index (χ3n) is 0. The summed E-state index contributed by atoms with van der Waals surface area (Å²) in [6, 6.07) is 0. The second kappa shape index (κ2) is 95.9. The molecule has 1 radical (unpaired) electrons. The van der Waals surface area contributed by atoms with Gasteiger partial charge >= 0.3 is 17.1 Å². The van der Waals surface area contributed by atoms with Crippen molar-refractivity contribution in [2.45, 2.75) is 0 Å². The predicted octanol–water partition coefficient (Wildman–Crippen LogP) is -4.75. The van der Waals surface area contributed by atoms with Crippen LogP contribution in [0.5, 0.6) is 0 Å². The van der Waals surface area contributed by atoms with E-state index in [-0.39, 0.29) is 38.0 Å². The van der Waals surface area contributed by atoms with Crippen LogP contribution in [0.2, 0.25) is 0 Å². The molecule has 0 aliphatic carbocycles. The van der Waals surface area contributed by atoms with Gasteiger partial charge in [-0.2, -0.15) is 0 Å². The van der Waals surface area contributed by atoms with Crippen molar-refractivity contribution >= 4 is 21.0 Å². The normalized spacial score (nSPS) is 3.60. The van der Waals surface area contributed by atoms with Crippen LogP contribution in [0.25, 0.3) is 0 Å². The Kier molecular flexibility index (Phi) is 324. The van der Waals surface area contributed by atoms with E-state index < -0.39 is 0 Å². The van der Waals surface area contributed by atoms with E-state index in [9.17, 15) is 0 Å². The maximum atomic E-state index is 8.39. The zero-order valence-electron chi connectivity index (χ0n) is 3.19. The predicted molar refractivity (Wildman–Crippen MR) is 19.9 cm³/mol. The molecule has 0 aromatic heterocycles.